The van der Waals surface area contributed by atoms with Crippen molar-refractivity contribution in [2.45, 2.75) is 37.5 Å². The van der Waals surface area contributed by atoms with Crippen LogP contribution in [-0.4, -0.2) is 61.3 Å². The van der Waals surface area contributed by atoms with E-state index in [0.717, 1.165) is 82.7 Å². The van der Waals surface area contributed by atoms with Crippen LogP contribution in [0.5, 0.6) is 0 Å². The van der Waals surface area contributed by atoms with Gasteiger partial charge in [0.2, 0.25) is 0 Å². The third-order valence-electron chi connectivity index (χ3n) is 7.21. The Bertz CT molecular complexity index is 810. The molecule has 0 amide bonds. The fourth-order valence-corrected chi connectivity index (χ4v) is 5.75. The van der Waals surface area contributed by atoms with E-state index in [1.807, 2.05) is 0 Å². The first-order valence-electron chi connectivity index (χ1n) is 10.7. The molecule has 7 heterocycles. The van der Waals surface area contributed by atoms with Crippen LogP contribution < -0.4 is 5.32 Å². The Kier molecular flexibility index (Phi) is 4.07. The van der Waals surface area contributed by atoms with Crippen molar-refractivity contribution in [3.63, 3.8) is 0 Å². The average molecular weight is 383 g/mol. The van der Waals surface area contributed by atoms with Crippen LogP contribution in [0, 0.1) is 5.92 Å². The third kappa shape index (κ3) is 2.81. The monoisotopic (exact) mass is 383 g/mol. The van der Waals surface area contributed by atoms with Crippen LogP contribution >= 0.6 is 0 Å². The maximum absolute atomic E-state index is 6.54. The molecule has 4 saturated heterocycles. The topological polar surface area (TPSA) is 50.1 Å². The van der Waals surface area contributed by atoms with Crippen molar-refractivity contribution in [1.82, 2.24) is 15.1 Å². The molecule has 0 aromatic carbocycles. The number of ether oxygens (including phenoxy) is 2. The van der Waals surface area contributed by atoms with Crippen LogP contribution in [0.3, 0.4) is 0 Å². The quantitative estimate of drug-likeness (QED) is 0.865. The number of nitrogens with one attached hydrogen (secondary N) is 1. The molecule has 3 unspecified atom stereocenters. The minimum Gasteiger partial charge on any atom is -0.470 e. The van der Waals surface area contributed by atoms with E-state index in [2.05, 4.69) is 39.4 Å². The number of dihydropyridines is 1. The Morgan fingerprint density at radius 1 is 1.18 bits per heavy atom. The SMILES string of the molecule is C1=CC2=C(NC1)O[C@@]1(C2)CN2CCC1CC2c1ccc(CN2CCOCC2)o1. The van der Waals surface area contributed by atoms with E-state index in [1.165, 1.54) is 12.0 Å². The first-order chi connectivity index (χ1) is 13.8. The van der Waals surface area contributed by atoms with Crippen molar-refractivity contribution in [2.24, 2.45) is 5.92 Å². The summed E-state index contributed by atoms with van der Waals surface area (Å²) in [6.07, 6.45) is 7.85. The molecule has 6 heteroatoms. The van der Waals surface area contributed by atoms with Gasteiger partial charge in [-0.05, 0) is 31.5 Å². The number of fused-ring (bicyclic) bond motifs is 2. The molecule has 6 nitrogen and oxygen atoms in total. The molecule has 6 aliphatic rings. The molecule has 1 aromatic rings. The molecule has 7 rings (SSSR count). The minimum atomic E-state index is -0.0374. The van der Waals surface area contributed by atoms with Crippen molar-refractivity contribution in [2.75, 3.05) is 45.9 Å². The van der Waals surface area contributed by atoms with E-state index in [0.29, 0.717) is 12.0 Å². The van der Waals surface area contributed by atoms with E-state index in [-0.39, 0.29) is 5.60 Å². The summed E-state index contributed by atoms with van der Waals surface area (Å²) in [5, 5.41) is 3.42. The van der Waals surface area contributed by atoms with Gasteiger partial charge in [-0.15, -0.1) is 0 Å². The molecule has 0 saturated carbocycles. The molecule has 2 bridgehead atoms. The van der Waals surface area contributed by atoms with Gasteiger partial charge in [0.25, 0.3) is 0 Å². The van der Waals surface area contributed by atoms with Crippen molar-refractivity contribution in [3.8, 4) is 0 Å². The van der Waals surface area contributed by atoms with Crippen molar-refractivity contribution in [1.29, 1.82) is 0 Å². The summed E-state index contributed by atoms with van der Waals surface area (Å²) in [6, 6.07) is 4.77. The number of rotatable bonds is 3. The summed E-state index contributed by atoms with van der Waals surface area (Å²) in [6.45, 7) is 7.57. The number of allylic oxidation sites excluding steroid dienone is 1. The smallest absolute Gasteiger partial charge is 0.190 e. The highest BCUT2D eigenvalue weighted by Gasteiger charge is 2.56. The molecule has 4 atom stereocenters. The van der Waals surface area contributed by atoms with E-state index in [9.17, 15) is 0 Å². The number of nitrogens with zero attached hydrogens (tertiary/aromatic N) is 2. The summed E-state index contributed by atoms with van der Waals surface area (Å²) in [7, 11) is 0. The van der Waals surface area contributed by atoms with Crippen LogP contribution in [0.25, 0.3) is 0 Å². The van der Waals surface area contributed by atoms with Gasteiger partial charge in [-0.1, -0.05) is 12.2 Å². The average Bonchev–Trinajstić information content (AvgIpc) is 3.33. The predicted molar refractivity (Wildman–Crippen MR) is 104 cm³/mol. The maximum Gasteiger partial charge on any atom is 0.190 e. The molecule has 4 fully saturated rings. The largest absolute Gasteiger partial charge is 0.470 e. The lowest BCUT2D eigenvalue weighted by molar-refractivity contribution is -0.140. The second-order valence-corrected chi connectivity index (χ2v) is 8.88. The van der Waals surface area contributed by atoms with Gasteiger partial charge in [0.15, 0.2) is 5.88 Å². The fraction of sp³-hybridized carbons (Fsp3) is 0.636. The molecule has 1 N–H and O–H groups in total. The second-order valence-electron chi connectivity index (χ2n) is 8.88. The zero-order chi connectivity index (χ0) is 18.6. The van der Waals surface area contributed by atoms with Crippen molar-refractivity contribution < 1.29 is 13.9 Å². The highest BCUT2D eigenvalue weighted by atomic mass is 16.5. The number of hydrogen-bond donors (Lipinski definition) is 1. The van der Waals surface area contributed by atoms with Crippen LogP contribution in [0.4, 0.5) is 0 Å². The fourth-order valence-electron chi connectivity index (χ4n) is 5.75. The molecule has 1 spiro atoms. The summed E-state index contributed by atoms with van der Waals surface area (Å²) in [4.78, 5) is 5.01. The Morgan fingerprint density at radius 2 is 2.11 bits per heavy atom. The van der Waals surface area contributed by atoms with Gasteiger partial charge in [-0.25, -0.2) is 0 Å². The normalized spacial score (nSPS) is 37.2. The van der Waals surface area contributed by atoms with Crippen LogP contribution in [0.1, 0.15) is 36.8 Å². The van der Waals surface area contributed by atoms with Gasteiger partial charge >= 0.3 is 0 Å². The minimum absolute atomic E-state index is 0.0374. The Morgan fingerprint density at radius 3 is 2.93 bits per heavy atom. The molecule has 0 aliphatic carbocycles. The van der Waals surface area contributed by atoms with Crippen molar-refractivity contribution >= 4 is 0 Å². The molecule has 6 aliphatic heterocycles. The van der Waals surface area contributed by atoms with Crippen LogP contribution in [0.15, 0.2) is 40.2 Å². The first kappa shape index (κ1) is 17.1. The highest BCUT2D eigenvalue weighted by Crippen LogP contribution is 2.53. The van der Waals surface area contributed by atoms with E-state index < -0.39 is 0 Å². The highest BCUT2D eigenvalue weighted by molar-refractivity contribution is 5.33. The number of morpholine rings is 1. The van der Waals surface area contributed by atoms with Crippen LogP contribution in [-0.2, 0) is 16.0 Å². The van der Waals surface area contributed by atoms with Crippen LogP contribution in [0.2, 0.25) is 0 Å². The zero-order valence-electron chi connectivity index (χ0n) is 16.4. The molecule has 28 heavy (non-hydrogen) atoms. The van der Waals surface area contributed by atoms with Gasteiger partial charge in [0.05, 0.1) is 25.8 Å². The summed E-state index contributed by atoms with van der Waals surface area (Å²) in [5.74, 6) is 3.84. The van der Waals surface area contributed by atoms with Gasteiger partial charge in [0.1, 0.15) is 17.1 Å². The standard InChI is InChI=1S/C22H29N3O3/c1-2-16-13-22(28-21(16)23-6-1)15-25-7-5-17(22)12-19(25)20-4-3-18(27-20)14-24-8-10-26-11-9-24/h1-4,17,19,23H,5-15H2/t17?,19?,22-/m0/s1. The van der Waals surface area contributed by atoms with E-state index in [1.54, 1.807) is 0 Å². The number of piperidine rings is 3. The van der Waals surface area contributed by atoms with Crippen molar-refractivity contribution in [3.05, 3.63) is 47.3 Å². The molecular formula is C22H29N3O3. The molecule has 1 aromatic heterocycles. The first-order valence-corrected chi connectivity index (χ1v) is 10.7. The lowest BCUT2D eigenvalue weighted by Crippen LogP contribution is -2.60. The Balaban J connectivity index is 1.16. The third-order valence-corrected chi connectivity index (χ3v) is 7.21. The predicted octanol–water partition coefficient (Wildman–Crippen LogP) is 2.41. The van der Waals surface area contributed by atoms with Gasteiger partial charge < -0.3 is 19.2 Å². The molecule has 150 valence electrons. The number of hydrogen-bond acceptors (Lipinski definition) is 6. The summed E-state index contributed by atoms with van der Waals surface area (Å²) in [5.41, 5.74) is 1.31. The van der Waals surface area contributed by atoms with Gasteiger partial charge in [-0.3, -0.25) is 9.80 Å². The number of furan rings is 1. The van der Waals surface area contributed by atoms with E-state index in [4.69, 9.17) is 13.9 Å². The zero-order valence-corrected chi connectivity index (χ0v) is 16.4. The lowest BCUT2D eigenvalue weighted by atomic mass is 9.70. The second kappa shape index (κ2) is 6.65. The van der Waals surface area contributed by atoms with Gasteiger partial charge in [0, 0.05) is 44.1 Å². The maximum atomic E-state index is 6.54. The summed E-state index contributed by atoms with van der Waals surface area (Å²) >= 11 is 0. The summed E-state index contributed by atoms with van der Waals surface area (Å²) < 4.78 is 18.3. The Labute approximate surface area is 166 Å². The lowest BCUT2D eigenvalue weighted by Gasteiger charge is -2.54. The van der Waals surface area contributed by atoms with E-state index >= 15 is 0 Å². The Hall–Kier alpha value is -1.76. The van der Waals surface area contributed by atoms with Gasteiger partial charge in [-0.2, -0.15) is 0 Å². The molecular weight excluding hydrogens is 354 g/mol. The molecule has 0 radical (unpaired) electrons.